The lowest BCUT2D eigenvalue weighted by Gasteiger charge is -2.29. The SMILES string of the molecule is c1ccc(N(c2ccc(N(c3ccc4sc5ccccc5c4c3)c3ccc4sc5ccccc5c4c3)cc2)c2ccc3c(c2)c2ccccc2c2c4ccccc4sc32)cc1. The largest absolute Gasteiger partial charge is 0.310 e. The maximum Gasteiger partial charge on any atom is 0.0468 e. The zero-order chi connectivity index (χ0) is 40.0. The molecule has 0 fully saturated rings. The third-order valence-corrected chi connectivity index (χ3v) is 15.7. The highest BCUT2D eigenvalue weighted by molar-refractivity contribution is 7.27. The van der Waals surface area contributed by atoms with E-state index in [1.165, 1.54) is 82.1 Å². The van der Waals surface area contributed by atoms with Gasteiger partial charge in [0, 0.05) is 100 Å². The molecule has 286 valence electrons. The Hall–Kier alpha value is -7.02. The molecule has 0 saturated heterocycles. The first kappa shape index (κ1) is 34.8. The molecular weight excluding hydrogens is 797 g/mol. The topological polar surface area (TPSA) is 6.48 Å². The van der Waals surface area contributed by atoms with Crippen LogP contribution in [0.25, 0.3) is 82.1 Å². The van der Waals surface area contributed by atoms with E-state index >= 15 is 0 Å². The minimum absolute atomic E-state index is 1.10. The Labute approximate surface area is 364 Å². The minimum Gasteiger partial charge on any atom is -0.310 e. The summed E-state index contributed by atoms with van der Waals surface area (Å²) in [5, 5.41) is 13.0. The Morgan fingerprint density at radius 1 is 0.230 bits per heavy atom. The van der Waals surface area contributed by atoms with Crippen LogP contribution in [-0.2, 0) is 0 Å². The number of para-hydroxylation sites is 1. The number of rotatable bonds is 6. The molecule has 10 aromatic carbocycles. The summed E-state index contributed by atoms with van der Waals surface area (Å²) in [4.78, 5) is 4.82. The number of fused-ring (bicyclic) bond motifs is 14. The van der Waals surface area contributed by atoms with Crippen molar-refractivity contribution in [3.8, 4) is 0 Å². The van der Waals surface area contributed by atoms with E-state index in [0.717, 1.165) is 34.1 Å². The van der Waals surface area contributed by atoms with Crippen LogP contribution < -0.4 is 9.80 Å². The van der Waals surface area contributed by atoms with Gasteiger partial charge in [0.2, 0.25) is 0 Å². The zero-order valence-corrected chi connectivity index (χ0v) is 35.2. The Morgan fingerprint density at radius 3 is 1.21 bits per heavy atom. The summed E-state index contributed by atoms with van der Waals surface area (Å²) in [5.74, 6) is 0. The van der Waals surface area contributed by atoms with E-state index in [4.69, 9.17) is 0 Å². The number of anilines is 6. The average molecular weight is 831 g/mol. The highest BCUT2D eigenvalue weighted by atomic mass is 32.1. The summed E-state index contributed by atoms with van der Waals surface area (Å²) >= 11 is 5.62. The first-order valence-electron chi connectivity index (χ1n) is 20.6. The van der Waals surface area contributed by atoms with E-state index in [2.05, 4.69) is 216 Å². The maximum absolute atomic E-state index is 2.42. The second-order valence-electron chi connectivity index (χ2n) is 15.7. The molecule has 0 aliphatic heterocycles. The smallest absolute Gasteiger partial charge is 0.0468 e. The molecule has 0 N–H and O–H groups in total. The second kappa shape index (κ2) is 13.8. The van der Waals surface area contributed by atoms with Gasteiger partial charge in [-0.25, -0.2) is 0 Å². The van der Waals surface area contributed by atoms with Gasteiger partial charge in [0.15, 0.2) is 0 Å². The standard InChI is InChI=1S/C56H34N2S3/c1-2-12-35(13-3-1)57(38-26-29-45-47(32-38)41-14-4-5-17-44(41)55-46-18-8-11-21-52(46)61-56(45)55)36-22-24-37(25-23-36)58(39-27-30-53-48(33-39)42-15-6-9-19-50(42)59-53)40-28-31-54-49(34-40)43-16-7-10-20-51(43)60-54/h1-34H. The third-order valence-electron chi connectivity index (χ3n) is 12.2. The van der Waals surface area contributed by atoms with Crippen LogP contribution >= 0.6 is 34.0 Å². The average Bonchev–Trinajstić information content (AvgIpc) is 4.02. The lowest BCUT2D eigenvalue weighted by Crippen LogP contribution is -2.12. The van der Waals surface area contributed by atoms with Gasteiger partial charge in [-0.15, -0.1) is 34.0 Å². The number of benzene rings is 10. The van der Waals surface area contributed by atoms with Gasteiger partial charge >= 0.3 is 0 Å². The van der Waals surface area contributed by atoms with E-state index in [1.807, 2.05) is 34.0 Å². The molecule has 3 heterocycles. The monoisotopic (exact) mass is 830 g/mol. The van der Waals surface area contributed by atoms with E-state index in [0.29, 0.717) is 0 Å². The molecule has 3 aromatic heterocycles. The fourth-order valence-electron chi connectivity index (χ4n) is 9.46. The first-order valence-corrected chi connectivity index (χ1v) is 23.0. The number of nitrogens with zero attached hydrogens (tertiary/aromatic N) is 2. The quantitative estimate of drug-likeness (QED) is 0.154. The van der Waals surface area contributed by atoms with Gasteiger partial charge in [-0.2, -0.15) is 0 Å². The van der Waals surface area contributed by atoms with Crippen molar-refractivity contribution in [1.29, 1.82) is 0 Å². The van der Waals surface area contributed by atoms with Crippen LogP contribution in [-0.4, -0.2) is 0 Å². The second-order valence-corrected chi connectivity index (χ2v) is 18.9. The molecule has 0 aliphatic carbocycles. The van der Waals surface area contributed by atoms with Crippen LogP contribution in [0.15, 0.2) is 206 Å². The number of thiophene rings is 3. The molecule has 61 heavy (non-hydrogen) atoms. The van der Waals surface area contributed by atoms with E-state index in [1.54, 1.807) is 0 Å². The van der Waals surface area contributed by atoms with Crippen molar-refractivity contribution in [2.24, 2.45) is 0 Å². The summed E-state index contributed by atoms with van der Waals surface area (Å²) in [7, 11) is 0. The fraction of sp³-hybridized carbons (Fsp3) is 0. The van der Waals surface area contributed by atoms with Crippen molar-refractivity contribution in [2.45, 2.75) is 0 Å². The van der Waals surface area contributed by atoms with Crippen molar-refractivity contribution in [3.63, 3.8) is 0 Å². The maximum atomic E-state index is 2.42. The highest BCUT2D eigenvalue weighted by Crippen LogP contribution is 2.47. The van der Waals surface area contributed by atoms with Gasteiger partial charge in [-0.3, -0.25) is 0 Å². The van der Waals surface area contributed by atoms with E-state index in [9.17, 15) is 0 Å². The molecular formula is C56H34N2S3. The van der Waals surface area contributed by atoms with Crippen LogP contribution in [0.3, 0.4) is 0 Å². The molecule has 0 atom stereocenters. The molecule has 0 aliphatic rings. The van der Waals surface area contributed by atoms with Crippen molar-refractivity contribution in [3.05, 3.63) is 206 Å². The lowest BCUT2D eigenvalue weighted by atomic mass is 9.96. The predicted octanol–water partition coefficient (Wildman–Crippen LogP) is 18.0. The molecule has 0 unspecified atom stereocenters. The molecule has 0 saturated carbocycles. The van der Waals surface area contributed by atoms with E-state index < -0.39 is 0 Å². The molecule has 5 heteroatoms. The first-order chi connectivity index (χ1) is 30.2. The molecule has 0 bridgehead atoms. The van der Waals surface area contributed by atoms with Crippen LogP contribution in [0.2, 0.25) is 0 Å². The van der Waals surface area contributed by atoms with Crippen LogP contribution in [0.1, 0.15) is 0 Å². The zero-order valence-electron chi connectivity index (χ0n) is 32.7. The molecule has 2 nitrogen and oxygen atoms in total. The van der Waals surface area contributed by atoms with Crippen molar-refractivity contribution < 1.29 is 0 Å². The van der Waals surface area contributed by atoms with Gasteiger partial charge in [0.05, 0.1) is 0 Å². The summed E-state index contributed by atoms with van der Waals surface area (Å²) in [5.41, 5.74) is 6.71. The Kier molecular flexibility index (Phi) is 7.85. The lowest BCUT2D eigenvalue weighted by molar-refractivity contribution is 1.26. The Morgan fingerprint density at radius 2 is 0.623 bits per heavy atom. The summed E-state index contributed by atoms with van der Waals surface area (Å²) in [6.45, 7) is 0. The van der Waals surface area contributed by atoms with Crippen LogP contribution in [0, 0.1) is 0 Å². The normalized spacial score (nSPS) is 11.9. The summed E-state index contributed by atoms with van der Waals surface area (Å²) in [6.07, 6.45) is 0. The van der Waals surface area contributed by atoms with Gasteiger partial charge in [0.25, 0.3) is 0 Å². The number of hydrogen-bond acceptors (Lipinski definition) is 5. The number of hydrogen-bond donors (Lipinski definition) is 0. The molecule has 0 spiro atoms. The van der Waals surface area contributed by atoms with Crippen molar-refractivity contribution >= 4 is 150 Å². The van der Waals surface area contributed by atoms with E-state index in [-0.39, 0.29) is 0 Å². The Bertz CT molecular complexity index is 3730. The van der Waals surface area contributed by atoms with Gasteiger partial charge < -0.3 is 9.80 Å². The fourth-order valence-corrected chi connectivity index (χ4v) is 12.9. The summed E-state index contributed by atoms with van der Waals surface area (Å²) < 4.78 is 7.90. The molecule has 13 aromatic rings. The minimum atomic E-state index is 1.10. The molecule has 0 radical (unpaired) electrons. The van der Waals surface area contributed by atoms with Crippen molar-refractivity contribution in [1.82, 2.24) is 0 Å². The Balaban J connectivity index is 0.983. The third kappa shape index (κ3) is 5.52. The highest BCUT2D eigenvalue weighted by Gasteiger charge is 2.20. The molecule has 13 rings (SSSR count). The molecule has 0 amide bonds. The van der Waals surface area contributed by atoms with Gasteiger partial charge in [-0.05, 0) is 119 Å². The van der Waals surface area contributed by atoms with Crippen LogP contribution in [0.4, 0.5) is 34.1 Å². The van der Waals surface area contributed by atoms with Crippen molar-refractivity contribution in [2.75, 3.05) is 9.80 Å². The van der Waals surface area contributed by atoms with Gasteiger partial charge in [-0.1, -0.05) is 103 Å². The summed E-state index contributed by atoms with van der Waals surface area (Å²) in [6, 6.07) is 76.1. The van der Waals surface area contributed by atoms with Crippen LogP contribution in [0.5, 0.6) is 0 Å². The predicted molar refractivity (Wildman–Crippen MR) is 269 cm³/mol. The van der Waals surface area contributed by atoms with Gasteiger partial charge in [0.1, 0.15) is 0 Å².